The van der Waals surface area contributed by atoms with Crippen LogP contribution in [0.2, 0.25) is 0 Å². The first kappa shape index (κ1) is 18.0. The fraction of sp³-hybridized carbons (Fsp3) is 0.833. The molecule has 0 N–H and O–H groups in total. The molecule has 1 unspecified atom stereocenters. The Morgan fingerprint density at radius 1 is 0.957 bits per heavy atom. The number of likely N-dealkylation sites (tertiary alicyclic amines) is 2. The van der Waals surface area contributed by atoms with E-state index in [0.29, 0.717) is 19.0 Å². The average molecular weight is 322 g/mol. The minimum absolute atomic E-state index is 0.0229. The van der Waals surface area contributed by atoms with E-state index in [1.54, 1.807) is 16.7 Å². The molecule has 2 aliphatic heterocycles. The third-order valence-electron chi connectivity index (χ3n) is 5.07. The van der Waals surface area contributed by atoms with Crippen LogP contribution in [0.1, 0.15) is 59.8 Å². The van der Waals surface area contributed by atoms with Gasteiger partial charge in [0.05, 0.1) is 6.04 Å². The van der Waals surface area contributed by atoms with Crippen LogP contribution in [0.15, 0.2) is 0 Å². The molecule has 0 aliphatic carbocycles. The van der Waals surface area contributed by atoms with Crippen LogP contribution in [0.4, 0.5) is 0 Å². The van der Waals surface area contributed by atoms with E-state index in [1.165, 1.54) is 0 Å². The number of hydrogen-bond acceptors (Lipinski definition) is 3. The maximum atomic E-state index is 12.9. The maximum Gasteiger partial charge on any atom is 0.245 e. The number of hydrogen-bond donors (Lipinski definition) is 0. The van der Waals surface area contributed by atoms with Gasteiger partial charge in [-0.2, -0.15) is 0 Å². The Balaban J connectivity index is 2.07. The summed E-state index contributed by atoms with van der Waals surface area (Å²) >= 11 is 0. The molecule has 23 heavy (non-hydrogen) atoms. The summed E-state index contributed by atoms with van der Waals surface area (Å²) in [5.74, 6) is 0.537. The highest BCUT2D eigenvalue weighted by Crippen LogP contribution is 2.27. The Kier molecular flexibility index (Phi) is 5.82. The van der Waals surface area contributed by atoms with Crippen LogP contribution < -0.4 is 0 Å². The average Bonchev–Trinajstić information content (AvgIpc) is 3.13. The second-order valence-corrected chi connectivity index (χ2v) is 7.52. The Hall–Kier alpha value is -1.39. The lowest BCUT2D eigenvalue weighted by Crippen LogP contribution is -2.51. The summed E-state index contributed by atoms with van der Waals surface area (Å²) in [7, 11) is 0. The van der Waals surface area contributed by atoms with E-state index in [1.807, 2.05) is 6.92 Å². The second kappa shape index (κ2) is 7.45. The van der Waals surface area contributed by atoms with Gasteiger partial charge in [0.2, 0.25) is 11.8 Å². The van der Waals surface area contributed by atoms with E-state index in [9.17, 15) is 14.4 Å². The van der Waals surface area contributed by atoms with Crippen molar-refractivity contribution >= 4 is 17.6 Å². The predicted molar refractivity (Wildman–Crippen MR) is 88.8 cm³/mol. The quantitative estimate of drug-likeness (QED) is 0.780. The van der Waals surface area contributed by atoms with Gasteiger partial charge in [-0.25, -0.2) is 0 Å². The molecule has 130 valence electrons. The molecule has 2 heterocycles. The molecule has 0 saturated carbocycles. The fourth-order valence-electron chi connectivity index (χ4n) is 4.02. The first-order valence-corrected chi connectivity index (χ1v) is 8.94. The number of amides is 2. The highest BCUT2D eigenvalue weighted by Gasteiger charge is 2.41. The SMILES string of the molecule is CC(=O)[C@@H]1CCCN1C(=O)[C@@H]1CCCN1C(=O)C(C)CC(C)C. The predicted octanol–water partition coefficient (Wildman–Crippen LogP) is 2.24. The summed E-state index contributed by atoms with van der Waals surface area (Å²) in [6.07, 6.45) is 4.07. The lowest BCUT2D eigenvalue weighted by atomic mass is 9.97. The number of ketones is 1. The first-order valence-electron chi connectivity index (χ1n) is 8.94. The van der Waals surface area contributed by atoms with Crippen LogP contribution >= 0.6 is 0 Å². The zero-order valence-corrected chi connectivity index (χ0v) is 14.9. The van der Waals surface area contributed by atoms with Crippen molar-refractivity contribution in [2.45, 2.75) is 71.9 Å². The van der Waals surface area contributed by atoms with Gasteiger partial charge in [-0.05, 0) is 44.9 Å². The zero-order valence-electron chi connectivity index (χ0n) is 14.9. The zero-order chi connectivity index (χ0) is 17.1. The summed E-state index contributed by atoms with van der Waals surface area (Å²) in [4.78, 5) is 40.8. The number of carbonyl (C=O) groups excluding carboxylic acids is 3. The molecular weight excluding hydrogens is 292 g/mol. The Morgan fingerprint density at radius 3 is 2.09 bits per heavy atom. The minimum atomic E-state index is -0.364. The van der Waals surface area contributed by atoms with E-state index in [0.717, 1.165) is 32.1 Å². The highest BCUT2D eigenvalue weighted by molar-refractivity contribution is 5.93. The number of rotatable bonds is 5. The fourth-order valence-corrected chi connectivity index (χ4v) is 4.02. The summed E-state index contributed by atoms with van der Waals surface area (Å²) in [5, 5.41) is 0. The molecule has 0 bridgehead atoms. The molecule has 2 aliphatic rings. The minimum Gasteiger partial charge on any atom is -0.331 e. The van der Waals surface area contributed by atoms with Crippen molar-refractivity contribution in [1.82, 2.24) is 9.80 Å². The molecule has 2 amide bonds. The van der Waals surface area contributed by atoms with Crippen LogP contribution in [0.5, 0.6) is 0 Å². The van der Waals surface area contributed by atoms with Crippen LogP contribution in [0, 0.1) is 11.8 Å². The van der Waals surface area contributed by atoms with Crippen LogP contribution in [-0.2, 0) is 14.4 Å². The highest BCUT2D eigenvalue weighted by atomic mass is 16.2. The Morgan fingerprint density at radius 2 is 1.52 bits per heavy atom. The Bertz CT molecular complexity index is 475. The monoisotopic (exact) mass is 322 g/mol. The molecule has 2 rings (SSSR count). The van der Waals surface area contributed by atoms with E-state index in [4.69, 9.17) is 0 Å². The molecule has 0 aromatic carbocycles. The lowest BCUT2D eigenvalue weighted by molar-refractivity contribution is -0.147. The normalized spacial score (nSPS) is 26.0. The Labute approximate surface area is 139 Å². The number of nitrogens with zero attached hydrogens (tertiary/aromatic N) is 2. The van der Waals surface area contributed by atoms with Gasteiger partial charge in [-0.15, -0.1) is 0 Å². The molecule has 5 nitrogen and oxygen atoms in total. The molecule has 5 heteroatoms. The summed E-state index contributed by atoms with van der Waals surface area (Å²) in [5.41, 5.74) is 0. The smallest absolute Gasteiger partial charge is 0.245 e. The molecular formula is C18H30N2O3. The van der Waals surface area contributed by atoms with Crippen molar-refractivity contribution in [2.24, 2.45) is 11.8 Å². The second-order valence-electron chi connectivity index (χ2n) is 7.52. The van der Waals surface area contributed by atoms with Gasteiger partial charge >= 0.3 is 0 Å². The van der Waals surface area contributed by atoms with E-state index >= 15 is 0 Å². The van der Waals surface area contributed by atoms with Gasteiger partial charge in [0.25, 0.3) is 0 Å². The third-order valence-corrected chi connectivity index (χ3v) is 5.07. The molecule has 2 saturated heterocycles. The standard InChI is InChI=1S/C18H30N2O3/c1-12(2)11-13(3)17(22)20-10-6-8-16(20)18(23)19-9-5-7-15(19)14(4)21/h12-13,15-16H,5-11H2,1-4H3/t13?,15-,16-/m0/s1. The van der Waals surface area contributed by atoms with Crippen molar-refractivity contribution in [3.05, 3.63) is 0 Å². The summed E-state index contributed by atoms with van der Waals surface area (Å²) in [6.45, 7) is 9.03. The molecule has 0 aromatic rings. The third kappa shape index (κ3) is 3.93. The number of carbonyl (C=O) groups is 3. The largest absolute Gasteiger partial charge is 0.331 e. The van der Waals surface area contributed by atoms with Gasteiger partial charge in [-0.3, -0.25) is 14.4 Å². The van der Waals surface area contributed by atoms with Gasteiger partial charge in [-0.1, -0.05) is 20.8 Å². The lowest BCUT2D eigenvalue weighted by Gasteiger charge is -2.32. The van der Waals surface area contributed by atoms with Gasteiger partial charge < -0.3 is 9.80 Å². The number of Topliss-reactive ketones (excluding diaryl/α,β-unsaturated/α-hetero) is 1. The molecule has 0 aromatic heterocycles. The van der Waals surface area contributed by atoms with E-state index in [2.05, 4.69) is 13.8 Å². The van der Waals surface area contributed by atoms with Crippen molar-refractivity contribution in [3.8, 4) is 0 Å². The van der Waals surface area contributed by atoms with Gasteiger partial charge in [0.15, 0.2) is 5.78 Å². The van der Waals surface area contributed by atoms with Crippen molar-refractivity contribution in [3.63, 3.8) is 0 Å². The van der Waals surface area contributed by atoms with Crippen molar-refractivity contribution in [1.29, 1.82) is 0 Å². The summed E-state index contributed by atoms with van der Waals surface area (Å²) < 4.78 is 0. The molecule has 0 radical (unpaired) electrons. The van der Waals surface area contributed by atoms with Crippen LogP contribution in [0.3, 0.4) is 0 Å². The molecule has 2 fully saturated rings. The van der Waals surface area contributed by atoms with Crippen LogP contribution in [0.25, 0.3) is 0 Å². The topological polar surface area (TPSA) is 57.7 Å². The van der Waals surface area contributed by atoms with E-state index < -0.39 is 0 Å². The van der Waals surface area contributed by atoms with Gasteiger partial charge in [0.1, 0.15) is 6.04 Å². The first-order chi connectivity index (χ1) is 10.8. The maximum absolute atomic E-state index is 12.9. The van der Waals surface area contributed by atoms with Gasteiger partial charge in [0, 0.05) is 19.0 Å². The van der Waals surface area contributed by atoms with E-state index in [-0.39, 0.29) is 35.6 Å². The molecule has 3 atom stereocenters. The van der Waals surface area contributed by atoms with Crippen LogP contribution in [-0.4, -0.2) is 52.6 Å². The summed E-state index contributed by atoms with van der Waals surface area (Å²) in [6, 6.07) is -0.648. The van der Waals surface area contributed by atoms with Crippen molar-refractivity contribution in [2.75, 3.05) is 13.1 Å². The molecule has 0 spiro atoms. The van der Waals surface area contributed by atoms with Crippen molar-refractivity contribution < 1.29 is 14.4 Å².